The molecule has 0 bridgehead atoms. The molecule has 2 saturated heterocycles. The molecule has 2 fully saturated rings. The number of hydrogen-bond donors (Lipinski definition) is 2. The van der Waals surface area contributed by atoms with E-state index in [1.807, 2.05) is 0 Å². The molecule has 6 nitrogen and oxygen atoms in total. The quantitative estimate of drug-likeness (QED) is 0.796. The van der Waals surface area contributed by atoms with Crippen LogP contribution in [-0.4, -0.2) is 50.9 Å². The Bertz CT molecular complexity index is 718. The number of carbonyl (C=O) groups is 1. The van der Waals surface area contributed by atoms with Crippen LogP contribution in [0.25, 0.3) is 0 Å². The molecule has 2 heterocycles. The fourth-order valence-electron chi connectivity index (χ4n) is 3.44. The van der Waals surface area contributed by atoms with E-state index in [2.05, 4.69) is 10.6 Å². The first kappa shape index (κ1) is 21.1. The molecular formula is C17H25ClFN3O3S. The number of hydrogen-bond acceptors (Lipinski definition) is 4. The lowest BCUT2D eigenvalue weighted by Crippen LogP contribution is -2.47. The summed E-state index contributed by atoms with van der Waals surface area (Å²) in [4.78, 5) is 12.1. The summed E-state index contributed by atoms with van der Waals surface area (Å²) < 4.78 is 40.3. The Morgan fingerprint density at radius 2 is 1.73 bits per heavy atom. The maximum atomic E-state index is 13.8. The second-order valence-corrected chi connectivity index (χ2v) is 8.55. The zero-order valence-electron chi connectivity index (χ0n) is 14.5. The third-order valence-electron chi connectivity index (χ3n) is 4.96. The standard InChI is InChI=1S/C17H24FN3O3S.ClH/c18-15-3-1-2-4-16(15)25(23,24)21-11-7-13(8-12-21)17(22)20-14-5-9-19-10-6-14;/h1-4,13-14,19H,5-12H2,(H,20,22);1H. The van der Waals surface area contributed by atoms with Gasteiger partial charge in [0.2, 0.25) is 15.9 Å². The lowest BCUT2D eigenvalue weighted by atomic mass is 9.96. The molecule has 3 rings (SSSR count). The van der Waals surface area contributed by atoms with Gasteiger partial charge in [-0.05, 0) is 50.9 Å². The number of carbonyl (C=O) groups excluding carboxylic acids is 1. The van der Waals surface area contributed by atoms with Crippen molar-refractivity contribution in [1.82, 2.24) is 14.9 Å². The molecule has 1 aromatic carbocycles. The average Bonchev–Trinajstić information content (AvgIpc) is 2.63. The van der Waals surface area contributed by atoms with Crippen molar-refractivity contribution >= 4 is 28.3 Å². The van der Waals surface area contributed by atoms with Crippen LogP contribution in [0.2, 0.25) is 0 Å². The van der Waals surface area contributed by atoms with Crippen LogP contribution in [0.5, 0.6) is 0 Å². The van der Waals surface area contributed by atoms with E-state index in [-0.39, 0.29) is 48.3 Å². The van der Waals surface area contributed by atoms with Crippen LogP contribution in [0.3, 0.4) is 0 Å². The second kappa shape index (κ2) is 9.12. The number of nitrogens with one attached hydrogen (secondary N) is 2. The van der Waals surface area contributed by atoms with Crippen molar-refractivity contribution in [2.75, 3.05) is 26.2 Å². The third-order valence-corrected chi connectivity index (χ3v) is 6.90. The molecule has 1 amide bonds. The third kappa shape index (κ3) is 4.73. The zero-order valence-corrected chi connectivity index (χ0v) is 16.1. The minimum Gasteiger partial charge on any atom is -0.353 e. The number of sulfonamides is 1. The highest BCUT2D eigenvalue weighted by atomic mass is 35.5. The van der Waals surface area contributed by atoms with Crippen LogP contribution >= 0.6 is 12.4 Å². The summed E-state index contributed by atoms with van der Waals surface area (Å²) in [5.41, 5.74) is 0. The molecule has 146 valence electrons. The predicted molar refractivity (Wildman–Crippen MR) is 99.2 cm³/mol. The summed E-state index contributed by atoms with van der Waals surface area (Å²) in [7, 11) is -3.85. The molecule has 1 aromatic rings. The first-order valence-corrected chi connectivity index (χ1v) is 10.2. The molecule has 0 spiro atoms. The minimum absolute atomic E-state index is 0. The van der Waals surface area contributed by atoms with Gasteiger partial charge in [0.15, 0.2) is 0 Å². The molecule has 0 aromatic heterocycles. The maximum absolute atomic E-state index is 13.8. The van der Waals surface area contributed by atoms with Crippen molar-refractivity contribution in [2.24, 2.45) is 5.92 Å². The number of benzene rings is 1. The maximum Gasteiger partial charge on any atom is 0.245 e. The second-order valence-electron chi connectivity index (χ2n) is 6.64. The Morgan fingerprint density at radius 3 is 2.35 bits per heavy atom. The van der Waals surface area contributed by atoms with Crippen molar-refractivity contribution in [3.8, 4) is 0 Å². The van der Waals surface area contributed by atoms with E-state index in [0.717, 1.165) is 32.0 Å². The fourth-order valence-corrected chi connectivity index (χ4v) is 4.97. The van der Waals surface area contributed by atoms with Gasteiger partial charge in [0.25, 0.3) is 0 Å². The van der Waals surface area contributed by atoms with Crippen molar-refractivity contribution in [3.05, 3.63) is 30.1 Å². The summed E-state index contributed by atoms with van der Waals surface area (Å²) in [6.45, 7) is 2.29. The smallest absolute Gasteiger partial charge is 0.245 e. The molecule has 9 heteroatoms. The van der Waals surface area contributed by atoms with Crippen LogP contribution in [0.4, 0.5) is 4.39 Å². The van der Waals surface area contributed by atoms with E-state index in [9.17, 15) is 17.6 Å². The fraction of sp³-hybridized carbons (Fsp3) is 0.588. The van der Waals surface area contributed by atoms with Gasteiger partial charge >= 0.3 is 0 Å². The van der Waals surface area contributed by atoms with Gasteiger partial charge in [-0.15, -0.1) is 12.4 Å². The zero-order chi connectivity index (χ0) is 17.9. The van der Waals surface area contributed by atoms with E-state index in [4.69, 9.17) is 0 Å². The summed E-state index contributed by atoms with van der Waals surface area (Å²) in [5, 5.41) is 6.33. The summed E-state index contributed by atoms with van der Waals surface area (Å²) in [6.07, 6.45) is 2.77. The monoisotopic (exact) mass is 405 g/mol. The van der Waals surface area contributed by atoms with Gasteiger partial charge in [0.05, 0.1) is 0 Å². The number of halogens is 2. The van der Waals surface area contributed by atoms with E-state index >= 15 is 0 Å². The Hall–Kier alpha value is -1.22. The van der Waals surface area contributed by atoms with Crippen LogP contribution in [0, 0.1) is 11.7 Å². The van der Waals surface area contributed by atoms with Gasteiger partial charge in [-0.25, -0.2) is 12.8 Å². The molecule has 2 N–H and O–H groups in total. The summed E-state index contributed by atoms with van der Waals surface area (Å²) >= 11 is 0. The highest BCUT2D eigenvalue weighted by molar-refractivity contribution is 7.89. The first-order chi connectivity index (χ1) is 12.0. The van der Waals surface area contributed by atoms with Crippen molar-refractivity contribution in [1.29, 1.82) is 0 Å². The number of rotatable bonds is 4. The van der Waals surface area contributed by atoms with Crippen molar-refractivity contribution < 1.29 is 17.6 Å². The number of piperidine rings is 2. The van der Waals surface area contributed by atoms with Gasteiger partial charge in [0.1, 0.15) is 10.7 Å². The van der Waals surface area contributed by atoms with Crippen molar-refractivity contribution in [2.45, 2.75) is 36.6 Å². The molecule has 2 aliphatic rings. The Labute approximate surface area is 160 Å². The molecule has 0 atom stereocenters. The van der Waals surface area contributed by atoms with E-state index < -0.39 is 15.8 Å². The van der Waals surface area contributed by atoms with Gasteiger partial charge in [0, 0.05) is 25.0 Å². The van der Waals surface area contributed by atoms with Crippen LogP contribution in [0.15, 0.2) is 29.2 Å². The van der Waals surface area contributed by atoms with Crippen LogP contribution < -0.4 is 10.6 Å². The molecular weight excluding hydrogens is 381 g/mol. The van der Waals surface area contributed by atoms with E-state index in [1.165, 1.54) is 22.5 Å². The molecule has 2 aliphatic heterocycles. The topological polar surface area (TPSA) is 78.5 Å². The minimum atomic E-state index is -3.85. The van der Waals surface area contributed by atoms with Gasteiger partial charge in [-0.3, -0.25) is 4.79 Å². The van der Waals surface area contributed by atoms with Gasteiger partial charge in [-0.1, -0.05) is 12.1 Å². The van der Waals surface area contributed by atoms with Crippen LogP contribution in [-0.2, 0) is 14.8 Å². The normalized spacial score (nSPS) is 20.3. The SMILES string of the molecule is Cl.O=C(NC1CCNCC1)C1CCN(S(=O)(=O)c2ccccc2F)CC1. The Kier molecular flexibility index (Phi) is 7.40. The highest BCUT2D eigenvalue weighted by Crippen LogP contribution is 2.25. The first-order valence-electron chi connectivity index (χ1n) is 8.74. The molecule has 0 saturated carbocycles. The van der Waals surface area contributed by atoms with E-state index in [0.29, 0.717) is 12.8 Å². The molecule has 26 heavy (non-hydrogen) atoms. The molecule has 0 unspecified atom stereocenters. The average molecular weight is 406 g/mol. The lowest BCUT2D eigenvalue weighted by molar-refractivity contribution is -0.127. The van der Waals surface area contributed by atoms with E-state index in [1.54, 1.807) is 0 Å². The Morgan fingerprint density at radius 1 is 1.12 bits per heavy atom. The van der Waals surface area contributed by atoms with Gasteiger partial charge in [-0.2, -0.15) is 4.31 Å². The summed E-state index contributed by atoms with van der Waals surface area (Å²) in [6, 6.07) is 5.60. The highest BCUT2D eigenvalue weighted by Gasteiger charge is 2.33. The van der Waals surface area contributed by atoms with Gasteiger partial charge < -0.3 is 10.6 Å². The summed E-state index contributed by atoms with van der Waals surface area (Å²) in [5.74, 6) is -0.912. The lowest BCUT2D eigenvalue weighted by Gasteiger charge is -2.32. The van der Waals surface area contributed by atoms with Crippen molar-refractivity contribution in [3.63, 3.8) is 0 Å². The molecule has 0 aliphatic carbocycles. The number of amides is 1. The molecule has 0 radical (unpaired) electrons. The van der Waals surface area contributed by atoms with Crippen LogP contribution in [0.1, 0.15) is 25.7 Å². The predicted octanol–water partition coefficient (Wildman–Crippen LogP) is 1.52. The largest absolute Gasteiger partial charge is 0.353 e. The Balaban J connectivity index is 0.00000243. The number of nitrogens with zero attached hydrogens (tertiary/aromatic N) is 1.